The summed E-state index contributed by atoms with van der Waals surface area (Å²) in [5.74, 6) is 0.529. The average Bonchev–Trinajstić information content (AvgIpc) is 2.64. The molecule has 1 amide bonds. The van der Waals surface area contributed by atoms with Crippen molar-refractivity contribution in [2.75, 3.05) is 25.1 Å². The molecule has 0 bridgehead atoms. The van der Waals surface area contributed by atoms with E-state index in [1.807, 2.05) is 26.0 Å². The number of aryl methyl sites for hydroxylation is 1. The molecule has 2 rings (SSSR count). The number of ether oxygens (including phenoxy) is 3. The van der Waals surface area contributed by atoms with Crippen molar-refractivity contribution in [3.05, 3.63) is 54.1 Å². The number of hydrogen-bond donors (Lipinski definition) is 1. The number of amides is 1. The summed E-state index contributed by atoms with van der Waals surface area (Å²) in [5, 5.41) is 2.66. The van der Waals surface area contributed by atoms with Gasteiger partial charge in [-0.05, 0) is 50.2 Å². The summed E-state index contributed by atoms with van der Waals surface area (Å²) < 4.78 is 15.7. The molecule has 0 radical (unpaired) electrons. The van der Waals surface area contributed by atoms with Crippen molar-refractivity contribution in [2.24, 2.45) is 0 Å². The van der Waals surface area contributed by atoms with Crippen LogP contribution >= 0.6 is 0 Å². The van der Waals surface area contributed by atoms with E-state index in [0.717, 1.165) is 11.3 Å². The normalized spacial score (nSPS) is 10.1. The number of rotatable bonds is 9. The highest BCUT2D eigenvalue weighted by molar-refractivity contribution is 5.92. The molecule has 6 heteroatoms. The molecule has 0 aromatic heterocycles. The predicted octanol–water partition coefficient (Wildman–Crippen LogP) is 3.34. The van der Waals surface area contributed by atoms with Gasteiger partial charge >= 0.3 is 5.97 Å². The summed E-state index contributed by atoms with van der Waals surface area (Å²) in [6.07, 6.45) is 0.0605. The summed E-state index contributed by atoms with van der Waals surface area (Å²) >= 11 is 0. The molecular weight excluding hydrogens is 334 g/mol. The van der Waals surface area contributed by atoms with Crippen molar-refractivity contribution in [1.29, 1.82) is 0 Å². The lowest BCUT2D eigenvalue weighted by Gasteiger charge is -2.08. The van der Waals surface area contributed by atoms with Gasteiger partial charge in [0.1, 0.15) is 11.5 Å². The third-order valence-corrected chi connectivity index (χ3v) is 3.41. The zero-order chi connectivity index (χ0) is 18.8. The van der Waals surface area contributed by atoms with Crippen LogP contribution in [0.5, 0.6) is 11.5 Å². The summed E-state index contributed by atoms with van der Waals surface area (Å²) in [4.78, 5) is 23.4. The molecule has 0 saturated heterocycles. The fourth-order valence-corrected chi connectivity index (χ4v) is 2.10. The second-order valence-corrected chi connectivity index (χ2v) is 5.58. The number of benzene rings is 2. The summed E-state index contributed by atoms with van der Waals surface area (Å²) in [7, 11) is 0. The van der Waals surface area contributed by atoms with Gasteiger partial charge in [0.05, 0.1) is 19.6 Å². The van der Waals surface area contributed by atoms with E-state index in [0.29, 0.717) is 18.0 Å². The Morgan fingerprint density at radius 1 is 0.923 bits per heavy atom. The van der Waals surface area contributed by atoms with Gasteiger partial charge in [-0.2, -0.15) is 0 Å². The predicted molar refractivity (Wildman–Crippen MR) is 98.5 cm³/mol. The number of carbonyl (C=O) groups excluding carboxylic acids is 2. The van der Waals surface area contributed by atoms with Crippen LogP contribution in [-0.4, -0.2) is 31.7 Å². The molecule has 0 aliphatic rings. The van der Waals surface area contributed by atoms with Crippen LogP contribution in [0.3, 0.4) is 0 Å². The number of esters is 1. The molecule has 138 valence electrons. The topological polar surface area (TPSA) is 73.9 Å². The minimum atomic E-state index is -0.491. The lowest BCUT2D eigenvalue weighted by molar-refractivity contribution is -0.147. The Bertz CT molecular complexity index is 710. The highest BCUT2D eigenvalue weighted by atomic mass is 16.5. The van der Waals surface area contributed by atoms with E-state index in [1.54, 1.807) is 36.4 Å². The maximum Gasteiger partial charge on any atom is 0.309 e. The van der Waals surface area contributed by atoms with Gasteiger partial charge in [0.2, 0.25) is 0 Å². The first-order valence-corrected chi connectivity index (χ1v) is 8.44. The Balaban J connectivity index is 1.63. The van der Waals surface area contributed by atoms with Gasteiger partial charge in [-0.1, -0.05) is 17.7 Å². The first-order valence-electron chi connectivity index (χ1n) is 8.44. The molecule has 2 aromatic rings. The Kier molecular flexibility index (Phi) is 7.49. The van der Waals surface area contributed by atoms with E-state index < -0.39 is 5.97 Å². The number of hydrogen-bond acceptors (Lipinski definition) is 5. The average molecular weight is 357 g/mol. The first kappa shape index (κ1) is 19.3. The van der Waals surface area contributed by atoms with E-state index in [4.69, 9.17) is 14.2 Å². The van der Waals surface area contributed by atoms with Gasteiger partial charge in [-0.25, -0.2) is 0 Å². The maximum absolute atomic E-state index is 11.8. The minimum absolute atomic E-state index is 0.0605. The number of anilines is 1. The van der Waals surface area contributed by atoms with Crippen LogP contribution in [0, 0.1) is 6.92 Å². The summed E-state index contributed by atoms with van der Waals surface area (Å²) in [6, 6.07) is 14.5. The van der Waals surface area contributed by atoms with Crippen molar-refractivity contribution in [1.82, 2.24) is 0 Å². The third-order valence-electron chi connectivity index (χ3n) is 3.41. The molecule has 0 aliphatic heterocycles. The number of nitrogens with one attached hydrogen (secondary N) is 1. The standard InChI is InChI=1S/C20H23NO5/c1-3-24-17-8-10-18(11-9-17)25-13-12-20(23)26-14-19(22)21-16-6-4-15(2)5-7-16/h4-11H,3,12-14H2,1-2H3,(H,21,22). The Morgan fingerprint density at radius 2 is 1.54 bits per heavy atom. The fraction of sp³-hybridized carbons (Fsp3) is 0.300. The Labute approximate surface area is 153 Å². The van der Waals surface area contributed by atoms with Crippen LogP contribution in [0.25, 0.3) is 0 Å². The van der Waals surface area contributed by atoms with E-state index in [9.17, 15) is 9.59 Å². The van der Waals surface area contributed by atoms with Crippen LogP contribution in [-0.2, 0) is 14.3 Å². The summed E-state index contributed by atoms with van der Waals surface area (Å²) in [5.41, 5.74) is 1.76. The maximum atomic E-state index is 11.8. The third kappa shape index (κ3) is 6.84. The van der Waals surface area contributed by atoms with Gasteiger partial charge in [0.15, 0.2) is 6.61 Å². The highest BCUT2D eigenvalue weighted by Gasteiger charge is 2.08. The highest BCUT2D eigenvalue weighted by Crippen LogP contribution is 2.17. The lowest BCUT2D eigenvalue weighted by atomic mass is 10.2. The van der Waals surface area contributed by atoms with Crippen LogP contribution in [0.15, 0.2) is 48.5 Å². The molecule has 0 unspecified atom stereocenters. The van der Waals surface area contributed by atoms with Crippen molar-refractivity contribution in [3.63, 3.8) is 0 Å². The summed E-state index contributed by atoms with van der Waals surface area (Å²) in [6.45, 7) is 4.32. The molecule has 0 saturated carbocycles. The van der Waals surface area contributed by atoms with Crippen LogP contribution in [0.1, 0.15) is 18.9 Å². The van der Waals surface area contributed by atoms with Crippen molar-refractivity contribution >= 4 is 17.6 Å². The lowest BCUT2D eigenvalue weighted by Crippen LogP contribution is -2.21. The quantitative estimate of drug-likeness (QED) is 0.697. The van der Waals surface area contributed by atoms with Gasteiger partial charge in [0, 0.05) is 5.69 Å². The Morgan fingerprint density at radius 3 is 2.15 bits per heavy atom. The van der Waals surface area contributed by atoms with Crippen molar-refractivity contribution in [2.45, 2.75) is 20.3 Å². The van der Waals surface area contributed by atoms with Crippen molar-refractivity contribution < 1.29 is 23.8 Å². The molecule has 26 heavy (non-hydrogen) atoms. The van der Waals surface area contributed by atoms with E-state index >= 15 is 0 Å². The van der Waals surface area contributed by atoms with Gasteiger partial charge in [-0.3, -0.25) is 9.59 Å². The zero-order valence-corrected chi connectivity index (χ0v) is 15.0. The monoisotopic (exact) mass is 357 g/mol. The van der Waals surface area contributed by atoms with Crippen LogP contribution in [0.4, 0.5) is 5.69 Å². The molecule has 0 spiro atoms. The van der Waals surface area contributed by atoms with E-state index in [1.165, 1.54) is 0 Å². The second-order valence-electron chi connectivity index (χ2n) is 5.58. The molecule has 0 atom stereocenters. The largest absolute Gasteiger partial charge is 0.494 e. The van der Waals surface area contributed by atoms with Gasteiger partial charge in [0.25, 0.3) is 5.91 Å². The van der Waals surface area contributed by atoms with E-state index in [2.05, 4.69) is 5.32 Å². The van der Waals surface area contributed by atoms with Crippen LogP contribution < -0.4 is 14.8 Å². The minimum Gasteiger partial charge on any atom is -0.494 e. The molecule has 0 heterocycles. The second kappa shape index (κ2) is 10.1. The molecule has 6 nitrogen and oxygen atoms in total. The van der Waals surface area contributed by atoms with Gasteiger partial charge in [-0.15, -0.1) is 0 Å². The zero-order valence-electron chi connectivity index (χ0n) is 15.0. The number of carbonyl (C=O) groups is 2. The van der Waals surface area contributed by atoms with Crippen molar-refractivity contribution in [3.8, 4) is 11.5 Å². The fourth-order valence-electron chi connectivity index (χ4n) is 2.10. The molecule has 0 aliphatic carbocycles. The molecule has 2 aromatic carbocycles. The molecule has 1 N–H and O–H groups in total. The Hall–Kier alpha value is -3.02. The first-order chi connectivity index (χ1) is 12.6. The SMILES string of the molecule is CCOc1ccc(OCCC(=O)OCC(=O)Nc2ccc(C)cc2)cc1. The van der Waals surface area contributed by atoms with Gasteiger partial charge < -0.3 is 19.5 Å². The van der Waals surface area contributed by atoms with E-state index in [-0.39, 0.29) is 25.5 Å². The van der Waals surface area contributed by atoms with Crippen LogP contribution in [0.2, 0.25) is 0 Å². The smallest absolute Gasteiger partial charge is 0.309 e. The molecule has 0 fully saturated rings. The molecular formula is C20H23NO5.